The predicted octanol–water partition coefficient (Wildman–Crippen LogP) is 18.6. The van der Waals surface area contributed by atoms with Crippen LogP contribution in [0.4, 0.5) is 34.1 Å². The fourth-order valence-corrected chi connectivity index (χ4v) is 12.0. The molecule has 0 N–H and O–H groups in total. The Bertz CT molecular complexity index is 4010. The third kappa shape index (κ3) is 5.71. The van der Waals surface area contributed by atoms with Gasteiger partial charge in [0.25, 0.3) is 0 Å². The summed E-state index contributed by atoms with van der Waals surface area (Å²) in [6, 6.07) is 45.8. The molecule has 13 rings (SSSR count). The third-order valence-corrected chi connectivity index (χ3v) is 16.7. The van der Waals surface area contributed by atoms with E-state index in [1.54, 1.807) is 0 Å². The van der Waals surface area contributed by atoms with Crippen LogP contribution in [0.5, 0.6) is 0 Å². The van der Waals surface area contributed by atoms with E-state index in [4.69, 9.17) is 0 Å². The van der Waals surface area contributed by atoms with Gasteiger partial charge in [0.1, 0.15) is 0 Å². The SMILES string of the molecule is [2H]c1c2c3ccc(N(c4cc(C)c(C)c(C)c4)c4cc(C)c(C)c(C)c4)c4c5ccccc5n(c2c([2H])c2c5ccc(N(c6cc(C)c(C)c(C)c6)c6cc(C)c(C)c(C)c6)c6c7ccccc7n(c12)c56)c34. The maximum absolute atomic E-state index is 10.6. The Labute approximate surface area is 413 Å². The van der Waals surface area contributed by atoms with Gasteiger partial charge in [-0.15, -0.1) is 0 Å². The largest absolute Gasteiger partial charge is 0.310 e. The first kappa shape index (κ1) is 40.1. The molecule has 0 fully saturated rings. The molecule has 0 unspecified atom stereocenters. The van der Waals surface area contributed by atoms with Gasteiger partial charge in [-0.25, -0.2) is 0 Å². The predicted molar refractivity (Wildman–Crippen MR) is 302 cm³/mol. The molecule has 0 atom stereocenters. The molecule has 0 bridgehead atoms. The lowest BCUT2D eigenvalue weighted by molar-refractivity contribution is 1.20. The van der Waals surface area contributed by atoms with Gasteiger partial charge in [-0.1, -0.05) is 48.5 Å². The van der Waals surface area contributed by atoms with Crippen molar-refractivity contribution in [3.63, 3.8) is 0 Å². The standard InChI is InChI=1S/C66H58N4/c1-35-25-47(26-36(2)43(35)9)67(48-27-37(3)44(10)38(4)28-48)59-23-21-51-55-33-62-56(34-61(55)69-57-19-15-13-17-53(57)63(59)65(51)69)52-22-24-60(64-54-18-14-16-20-58(54)70(62)66(52)64)68(49-29-39(5)45(11)40(6)30-49)50-31-41(7)46(12)42(8)32-50/h13-34H,1-12H3/i33D,34D. The second-order valence-corrected chi connectivity index (χ2v) is 20.6. The molecule has 9 aromatic carbocycles. The molecule has 70 heavy (non-hydrogen) atoms. The molecule has 0 radical (unpaired) electrons. The second kappa shape index (κ2) is 14.8. The summed E-state index contributed by atoms with van der Waals surface area (Å²) < 4.78 is 25.8. The van der Waals surface area contributed by atoms with E-state index in [9.17, 15) is 2.74 Å². The highest BCUT2D eigenvalue weighted by atomic mass is 15.2. The first-order chi connectivity index (χ1) is 34.5. The molecule has 4 nitrogen and oxygen atoms in total. The van der Waals surface area contributed by atoms with Crippen molar-refractivity contribution in [2.45, 2.75) is 83.1 Å². The van der Waals surface area contributed by atoms with Crippen LogP contribution in [0.3, 0.4) is 0 Å². The summed E-state index contributed by atoms with van der Waals surface area (Å²) in [7, 11) is 0. The molecule has 4 aromatic heterocycles. The van der Waals surface area contributed by atoms with Crippen LogP contribution in [0.15, 0.2) is 133 Å². The van der Waals surface area contributed by atoms with Gasteiger partial charge in [-0.2, -0.15) is 0 Å². The van der Waals surface area contributed by atoms with E-state index < -0.39 is 0 Å². The number of benzene rings is 9. The minimum Gasteiger partial charge on any atom is -0.310 e. The molecule has 0 aliphatic heterocycles. The normalized spacial score (nSPS) is 12.7. The van der Waals surface area contributed by atoms with Gasteiger partial charge in [0, 0.05) is 65.8 Å². The minimum atomic E-state index is 0.441. The maximum atomic E-state index is 10.6. The van der Waals surface area contributed by atoms with Crippen LogP contribution in [-0.2, 0) is 0 Å². The number of para-hydroxylation sites is 2. The molecular formula is C66H58N4. The average molecular weight is 909 g/mol. The molecule has 0 amide bonds. The molecule has 0 aliphatic rings. The van der Waals surface area contributed by atoms with Crippen LogP contribution in [0.2, 0.25) is 0 Å². The van der Waals surface area contributed by atoms with E-state index in [0.717, 1.165) is 110 Å². The summed E-state index contributed by atoms with van der Waals surface area (Å²) in [4.78, 5) is 4.89. The van der Waals surface area contributed by atoms with Gasteiger partial charge in [0.05, 0.1) is 47.2 Å². The fraction of sp³-hybridized carbons (Fsp3) is 0.182. The zero-order valence-electron chi connectivity index (χ0n) is 44.3. The van der Waals surface area contributed by atoms with Crippen molar-refractivity contribution in [3.05, 3.63) is 200 Å². The highest BCUT2D eigenvalue weighted by molar-refractivity contribution is 6.32. The Balaban J connectivity index is 1.15. The molecule has 4 heterocycles. The second-order valence-electron chi connectivity index (χ2n) is 20.6. The van der Waals surface area contributed by atoms with Gasteiger partial charge in [-0.3, -0.25) is 0 Å². The van der Waals surface area contributed by atoms with Crippen molar-refractivity contribution in [1.82, 2.24) is 8.80 Å². The molecule has 0 spiro atoms. The van der Waals surface area contributed by atoms with Crippen molar-refractivity contribution >= 4 is 110 Å². The summed E-state index contributed by atoms with van der Waals surface area (Å²) in [6.45, 7) is 26.5. The molecular weight excluding hydrogens is 849 g/mol. The monoisotopic (exact) mass is 908 g/mol. The zero-order valence-corrected chi connectivity index (χ0v) is 42.3. The third-order valence-electron chi connectivity index (χ3n) is 16.7. The van der Waals surface area contributed by atoms with Crippen LogP contribution in [0.25, 0.3) is 76.2 Å². The Morgan fingerprint density at radius 1 is 0.314 bits per heavy atom. The molecule has 4 heteroatoms. The van der Waals surface area contributed by atoms with Crippen molar-refractivity contribution < 1.29 is 2.74 Å². The molecule has 0 saturated heterocycles. The number of aryl methyl sites for hydroxylation is 8. The number of hydrogen-bond acceptors (Lipinski definition) is 2. The summed E-state index contributed by atoms with van der Waals surface area (Å²) in [5.74, 6) is 0. The van der Waals surface area contributed by atoms with Gasteiger partial charge < -0.3 is 18.6 Å². The number of fused-ring (bicyclic) bond motifs is 12. The minimum absolute atomic E-state index is 0.441. The highest BCUT2D eigenvalue weighted by Gasteiger charge is 2.29. The average Bonchev–Trinajstić information content (AvgIpc) is 4.10. The van der Waals surface area contributed by atoms with Crippen molar-refractivity contribution in [2.75, 3.05) is 9.80 Å². The molecule has 342 valence electrons. The van der Waals surface area contributed by atoms with Crippen LogP contribution < -0.4 is 9.80 Å². The maximum Gasteiger partial charge on any atom is 0.0653 e. The van der Waals surface area contributed by atoms with Crippen molar-refractivity contribution in [3.8, 4) is 0 Å². The lowest BCUT2D eigenvalue weighted by Crippen LogP contribution is -2.12. The Hall–Kier alpha value is -7.82. The quantitative estimate of drug-likeness (QED) is 0.165. The van der Waals surface area contributed by atoms with Crippen LogP contribution in [0, 0.1) is 83.1 Å². The van der Waals surface area contributed by atoms with Gasteiger partial charge in [0.15, 0.2) is 0 Å². The lowest BCUT2D eigenvalue weighted by Gasteiger charge is -2.29. The lowest BCUT2D eigenvalue weighted by atomic mass is 9.98. The van der Waals surface area contributed by atoms with E-state index in [0.29, 0.717) is 12.1 Å². The Morgan fingerprint density at radius 3 is 0.900 bits per heavy atom. The fourth-order valence-electron chi connectivity index (χ4n) is 12.0. The summed E-state index contributed by atoms with van der Waals surface area (Å²) in [6.07, 6.45) is 0. The van der Waals surface area contributed by atoms with Gasteiger partial charge in [-0.05, 0) is 235 Å². The van der Waals surface area contributed by atoms with E-state index in [2.05, 4.69) is 223 Å². The number of rotatable bonds is 6. The molecule has 0 saturated carbocycles. The highest BCUT2D eigenvalue weighted by Crippen LogP contribution is 2.52. The molecule has 0 aliphatic carbocycles. The van der Waals surface area contributed by atoms with Crippen LogP contribution in [0.1, 0.15) is 69.5 Å². The van der Waals surface area contributed by atoms with E-state index in [1.807, 2.05) is 0 Å². The summed E-state index contributed by atoms with van der Waals surface area (Å²) in [5.41, 5.74) is 27.5. The van der Waals surface area contributed by atoms with Crippen molar-refractivity contribution in [2.24, 2.45) is 0 Å². The Kier molecular flexibility index (Phi) is 8.50. The topological polar surface area (TPSA) is 15.3 Å². The smallest absolute Gasteiger partial charge is 0.0653 e. The number of anilines is 6. The van der Waals surface area contributed by atoms with Gasteiger partial charge >= 0.3 is 0 Å². The van der Waals surface area contributed by atoms with E-state index in [-0.39, 0.29) is 0 Å². The van der Waals surface area contributed by atoms with Crippen molar-refractivity contribution in [1.29, 1.82) is 0 Å². The number of aromatic nitrogens is 2. The van der Waals surface area contributed by atoms with Crippen LogP contribution >= 0.6 is 0 Å². The Morgan fingerprint density at radius 2 is 0.600 bits per heavy atom. The van der Waals surface area contributed by atoms with E-state index >= 15 is 0 Å². The first-order valence-corrected chi connectivity index (χ1v) is 24.8. The first-order valence-electron chi connectivity index (χ1n) is 25.8. The van der Waals surface area contributed by atoms with E-state index in [1.165, 1.54) is 66.8 Å². The zero-order chi connectivity index (χ0) is 50.1. The number of hydrogen-bond donors (Lipinski definition) is 0. The van der Waals surface area contributed by atoms with Crippen LogP contribution in [-0.4, -0.2) is 8.80 Å². The summed E-state index contributed by atoms with van der Waals surface area (Å²) >= 11 is 0. The van der Waals surface area contributed by atoms with Gasteiger partial charge in [0.2, 0.25) is 0 Å². The summed E-state index contributed by atoms with van der Waals surface area (Å²) in [5, 5.41) is 8.07. The molecule has 13 aromatic rings. The number of nitrogens with zero attached hydrogens (tertiary/aromatic N) is 4.